The molecule has 1 saturated carbocycles. The van der Waals surface area contributed by atoms with E-state index in [-0.39, 0.29) is 12.8 Å². The number of aliphatic hydroxyl groups excluding tert-OH is 5. The van der Waals surface area contributed by atoms with E-state index in [0.717, 1.165) is 70.6 Å². The number of ether oxygens (including phenoxy) is 2. The van der Waals surface area contributed by atoms with Gasteiger partial charge >= 0.3 is 19.8 Å². The number of esters is 2. The second kappa shape index (κ2) is 34.1. The summed E-state index contributed by atoms with van der Waals surface area (Å²) in [7, 11) is -5.11. The molecule has 0 spiro atoms. The first kappa shape index (κ1) is 53.3. The van der Waals surface area contributed by atoms with Crippen molar-refractivity contribution in [1.29, 1.82) is 0 Å². The molecule has 334 valence electrons. The van der Waals surface area contributed by atoms with Crippen molar-refractivity contribution >= 4 is 19.8 Å². The highest BCUT2D eigenvalue weighted by Crippen LogP contribution is 2.47. The van der Waals surface area contributed by atoms with Crippen molar-refractivity contribution in [2.24, 2.45) is 0 Å². The monoisotopic (exact) mass is 835 g/mol. The fourth-order valence-corrected chi connectivity index (χ4v) is 7.65. The van der Waals surface area contributed by atoms with E-state index < -0.39 is 75.7 Å². The van der Waals surface area contributed by atoms with Gasteiger partial charge in [-0.3, -0.25) is 18.6 Å². The minimum absolute atomic E-state index is 0.0828. The third kappa shape index (κ3) is 26.9. The Labute approximate surface area is 343 Å². The summed E-state index contributed by atoms with van der Waals surface area (Å²) < 4.78 is 33.4. The number of phosphoric acid groups is 1. The van der Waals surface area contributed by atoms with Gasteiger partial charge in [0.15, 0.2) is 6.10 Å². The first-order valence-electron chi connectivity index (χ1n) is 22.1. The summed E-state index contributed by atoms with van der Waals surface area (Å²) in [5.74, 6) is -1.11. The average molecular weight is 835 g/mol. The van der Waals surface area contributed by atoms with Crippen LogP contribution in [0, 0.1) is 0 Å². The molecule has 1 fully saturated rings. The van der Waals surface area contributed by atoms with Crippen molar-refractivity contribution < 1.29 is 63.1 Å². The molecule has 0 amide bonds. The zero-order valence-corrected chi connectivity index (χ0v) is 36.0. The Morgan fingerprint density at radius 2 is 0.982 bits per heavy atom. The lowest BCUT2D eigenvalue weighted by Gasteiger charge is -2.41. The van der Waals surface area contributed by atoms with Crippen LogP contribution in [0.5, 0.6) is 0 Å². The molecule has 1 rings (SSSR count). The number of rotatable bonds is 36. The lowest BCUT2D eigenvalue weighted by atomic mass is 9.85. The molecule has 1 aliphatic rings. The van der Waals surface area contributed by atoms with Gasteiger partial charge in [-0.05, 0) is 38.5 Å². The van der Waals surface area contributed by atoms with Crippen LogP contribution >= 0.6 is 7.82 Å². The zero-order valence-electron chi connectivity index (χ0n) is 35.1. The number of hydrogen-bond acceptors (Lipinski definition) is 12. The molecule has 6 N–H and O–H groups in total. The molecule has 57 heavy (non-hydrogen) atoms. The van der Waals surface area contributed by atoms with Gasteiger partial charge in [0.2, 0.25) is 0 Å². The standard InChI is InChI=1S/C43H79O13P/c1-3-5-7-9-11-13-15-17-18-20-21-23-25-27-29-31-36(44)53-33-35(34-54-57(51,52)56-43-41(49)39(47)38(46)40(48)42(43)50)55-37(45)32-30-28-26-24-22-19-16-14-12-10-8-6-4-2/h8,10,14,16,35,38-43,46-50H,3-7,9,11-13,15,17-34H2,1-2H3,(H,51,52)/t35-,38?,39-,40?,41?,42?,43?/m1/s1. The Morgan fingerprint density at radius 3 is 1.49 bits per heavy atom. The molecule has 0 heterocycles. The third-order valence-corrected chi connectivity index (χ3v) is 11.3. The molecule has 13 nitrogen and oxygen atoms in total. The van der Waals surface area contributed by atoms with Gasteiger partial charge in [-0.2, -0.15) is 0 Å². The predicted molar refractivity (Wildman–Crippen MR) is 221 cm³/mol. The number of unbranched alkanes of at least 4 members (excludes halogenated alkanes) is 20. The Kier molecular flexibility index (Phi) is 31.9. The summed E-state index contributed by atoms with van der Waals surface area (Å²) in [6.07, 6.45) is 22.4. The summed E-state index contributed by atoms with van der Waals surface area (Å²) in [4.78, 5) is 35.6. The van der Waals surface area contributed by atoms with Gasteiger partial charge in [0.25, 0.3) is 0 Å². The van der Waals surface area contributed by atoms with E-state index in [1.165, 1.54) is 70.6 Å². The zero-order chi connectivity index (χ0) is 42.2. The van der Waals surface area contributed by atoms with Crippen molar-refractivity contribution in [3.8, 4) is 0 Å². The van der Waals surface area contributed by atoms with Gasteiger partial charge in [-0.15, -0.1) is 0 Å². The van der Waals surface area contributed by atoms with E-state index in [1.54, 1.807) is 0 Å². The average Bonchev–Trinajstić information content (AvgIpc) is 3.19. The lowest BCUT2D eigenvalue weighted by Crippen LogP contribution is -2.64. The minimum atomic E-state index is -5.11. The van der Waals surface area contributed by atoms with Crippen LogP contribution in [-0.4, -0.2) is 98.3 Å². The van der Waals surface area contributed by atoms with Gasteiger partial charge in [0, 0.05) is 12.8 Å². The number of hydrogen-bond donors (Lipinski definition) is 6. The Hall–Kier alpha value is -1.67. The quantitative estimate of drug-likeness (QED) is 0.0153. The SMILES string of the molecule is CCCC=CCC=CCCCCCCCC(=O)O[C@H](COC(=O)CCCCCCCCCCCCCCCCC)COP(=O)(O)OC1C(O)C(O)C(O)[C@@H](O)C1O. The molecule has 0 aliphatic heterocycles. The summed E-state index contributed by atoms with van der Waals surface area (Å²) in [5, 5.41) is 50.1. The van der Waals surface area contributed by atoms with Crippen LogP contribution in [0.4, 0.5) is 0 Å². The molecule has 0 bridgehead atoms. The molecule has 0 aromatic rings. The van der Waals surface area contributed by atoms with Crippen LogP contribution in [0.3, 0.4) is 0 Å². The van der Waals surface area contributed by atoms with Gasteiger partial charge in [0.05, 0.1) is 6.61 Å². The molecule has 8 atom stereocenters. The summed E-state index contributed by atoms with van der Waals surface area (Å²) in [6, 6.07) is 0. The Bertz CT molecular complexity index is 1100. The number of carbonyl (C=O) groups is 2. The maximum Gasteiger partial charge on any atom is 0.472 e. The normalized spacial score (nSPS) is 22.9. The van der Waals surface area contributed by atoms with Gasteiger partial charge < -0.3 is 39.9 Å². The van der Waals surface area contributed by atoms with Gasteiger partial charge in [-0.25, -0.2) is 4.57 Å². The highest BCUT2D eigenvalue weighted by Gasteiger charge is 2.51. The van der Waals surface area contributed by atoms with Crippen molar-refractivity contribution in [2.45, 2.75) is 224 Å². The second-order valence-electron chi connectivity index (χ2n) is 15.6. The van der Waals surface area contributed by atoms with Crippen LogP contribution in [-0.2, 0) is 32.7 Å². The molecule has 0 aromatic heterocycles. The first-order valence-corrected chi connectivity index (χ1v) is 23.6. The minimum Gasteiger partial charge on any atom is -0.462 e. The smallest absolute Gasteiger partial charge is 0.462 e. The summed E-state index contributed by atoms with van der Waals surface area (Å²) in [6.45, 7) is 3.22. The topological polar surface area (TPSA) is 210 Å². The molecule has 1 aliphatic carbocycles. The molecule has 6 unspecified atom stereocenters. The molecule has 0 aromatic carbocycles. The van der Waals surface area contributed by atoms with E-state index in [4.69, 9.17) is 18.5 Å². The van der Waals surface area contributed by atoms with Crippen molar-refractivity contribution in [1.82, 2.24) is 0 Å². The molecular weight excluding hydrogens is 755 g/mol. The highest BCUT2D eigenvalue weighted by atomic mass is 31.2. The van der Waals surface area contributed by atoms with Gasteiger partial charge in [-0.1, -0.05) is 154 Å². The van der Waals surface area contributed by atoms with Crippen molar-refractivity contribution in [3.05, 3.63) is 24.3 Å². The van der Waals surface area contributed by atoms with Crippen LogP contribution in [0.25, 0.3) is 0 Å². The number of carbonyl (C=O) groups excluding carboxylic acids is 2. The molecule has 0 radical (unpaired) electrons. The lowest BCUT2D eigenvalue weighted by molar-refractivity contribution is -0.220. The highest BCUT2D eigenvalue weighted by molar-refractivity contribution is 7.47. The van der Waals surface area contributed by atoms with Crippen LogP contribution in [0.2, 0.25) is 0 Å². The van der Waals surface area contributed by atoms with Gasteiger partial charge in [0.1, 0.15) is 43.2 Å². The second-order valence-corrected chi connectivity index (χ2v) is 17.0. The summed E-state index contributed by atoms with van der Waals surface area (Å²) in [5.41, 5.74) is 0. The summed E-state index contributed by atoms with van der Waals surface area (Å²) >= 11 is 0. The maximum absolute atomic E-state index is 12.8. The predicted octanol–water partition coefficient (Wildman–Crippen LogP) is 8.06. The largest absolute Gasteiger partial charge is 0.472 e. The van der Waals surface area contributed by atoms with E-state index in [0.29, 0.717) is 12.8 Å². The first-order chi connectivity index (χ1) is 27.4. The third-order valence-electron chi connectivity index (χ3n) is 10.3. The maximum atomic E-state index is 12.8. The molecule has 14 heteroatoms. The van der Waals surface area contributed by atoms with E-state index in [9.17, 15) is 44.6 Å². The van der Waals surface area contributed by atoms with Crippen molar-refractivity contribution in [2.75, 3.05) is 13.2 Å². The Morgan fingerprint density at radius 1 is 0.544 bits per heavy atom. The van der Waals surface area contributed by atoms with Crippen molar-refractivity contribution in [3.63, 3.8) is 0 Å². The van der Waals surface area contributed by atoms with E-state index in [2.05, 4.69) is 38.2 Å². The molecule has 0 saturated heterocycles. The fraction of sp³-hybridized carbons (Fsp3) is 0.860. The van der Waals surface area contributed by atoms with Crippen LogP contribution < -0.4 is 0 Å². The molecular formula is C43H79O13P. The number of allylic oxidation sites excluding steroid dienone is 4. The van der Waals surface area contributed by atoms with E-state index >= 15 is 0 Å². The fourth-order valence-electron chi connectivity index (χ4n) is 6.68. The van der Waals surface area contributed by atoms with Crippen LogP contribution in [0.1, 0.15) is 181 Å². The number of phosphoric ester groups is 1. The Balaban J connectivity index is 2.48. The van der Waals surface area contributed by atoms with Crippen LogP contribution in [0.15, 0.2) is 24.3 Å². The number of aliphatic hydroxyl groups is 5. The van der Waals surface area contributed by atoms with E-state index in [1.807, 2.05) is 0 Å².